The molecule has 98 valence electrons. The molecule has 2 aliphatic rings. The highest BCUT2D eigenvalue weighted by Gasteiger charge is 2.22. The van der Waals surface area contributed by atoms with Crippen molar-refractivity contribution in [1.82, 2.24) is 10.6 Å². The number of rotatable bonds is 4. The van der Waals surface area contributed by atoms with Gasteiger partial charge in [0.05, 0.1) is 19.8 Å². The lowest BCUT2D eigenvalue weighted by atomic mass is 10.0. The van der Waals surface area contributed by atoms with Gasteiger partial charge >= 0.3 is 0 Å². The number of hydrogen-bond donors (Lipinski definition) is 2. The lowest BCUT2D eigenvalue weighted by molar-refractivity contribution is -0.147. The summed E-state index contributed by atoms with van der Waals surface area (Å²) in [5.41, 5.74) is 0. The van der Waals surface area contributed by atoms with E-state index in [1.54, 1.807) is 0 Å². The third kappa shape index (κ3) is 4.26. The highest BCUT2D eigenvalue weighted by molar-refractivity contribution is 5.80. The van der Waals surface area contributed by atoms with Crippen molar-refractivity contribution in [3.63, 3.8) is 0 Å². The molecule has 0 spiro atoms. The quantitative estimate of drug-likeness (QED) is 0.731. The third-order valence-corrected chi connectivity index (χ3v) is 3.31. The Bertz CT molecular complexity index is 236. The minimum Gasteiger partial charge on any atom is -0.376 e. The highest BCUT2D eigenvalue weighted by Crippen LogP contribution is 2.09. The standard InChI is InChI=1S/C12H22N2O3/c15-12(11-9-16-7-8-17-11)14-6-4-10-3-1-2-5-13-10/h10-11,13H,1-9H2,(H,14,15). The van der Waals surface area contributed by atoms with E-state index in [0.717, 1.165) is 19.5 Å². The van der Waals surface area contributed by atoms with E-state index in [1.165, 1.54) is 19.3 Å². The number of hydrogen-bond acceptors (Lipinski definition) is 4. The number of carbonyl (C=O) groups is 1. The average Bonchev–Trinajstić information content (AvgIpc) is 2.41. The number of amides is 1. The molecule has 0 aromatic carbocycles. The van der Waals surface area contributed by atoms with E-state index >= 15 is 0 Å². The van der Waals surface area contributed by atoms with Gasteiger partial charge < -0.3 is 20.1 Å². The number of ether oxygens (including phenoxy) is 2. The van der Waals surface area contributed by atoms with Crippen molar-refractivity contribution >= 4 is 5.91 Å². The lowest BCUT2D eigenvalue weighted by Gasteiger charge is -2.25. The minimum absolute atomic E-state index is 0.0412. The molecule has 0 aromatic heterocycles. The van der Waals surface area contributed by atoms with Crippen LogP contribution in [0.15, 0.2) is 0 Å². The largest absolute Gasteiger partial charge is 0.376 e. The van der Waals surface area contributed by atoms with E-state index in [4.69, 9.17) is 9.47 Å². The zero-order valence-corrected chi connectivity index (χ0v) is 10.2. The van der Waals surface area contributed by atoms with Gasteiger partial charge in [0.2, 0.25) is 0 Å². The minimum atomic E-state index is -0.414. The van der Waals surface area contributed by atoms with E-state index in [-0.39, 0.29) is 5.91 Å². The lowest BCUT2D eigenvalue weighted by Crippen LogP contribution is -2.44. The molecule has 2 heterocycles. The van der Waals surface area contributed by atoms with Crippen LogP contribution >= 0.6 is 0 Å². The summed E-state index contributed by atoms with van der Waals surface area (Å²) >= 11 is 0. The van der Waals surface area contributed by atoms with Crippen molar-refractivity contribution in [2.45, 2.75) is 37.8 Å². The van der Waals surface area contributed by atoms with Crippen molar-refractivity contribution in [3.05, 3.63) is 0 Å². The van der Waals surface area contributed by atoms with Crippen LogP contribution in [0.5, 0.6) is 0 Å². The summed E-state index contributed by atoms with van der Waals surface area (Å²) in [5, 5.41) is 6.38. The van der Waals surface area contributed by atoms with Crippen LogP contribution in [0, 0.1) is 0 Å². The topological polar surface area (TPSA) is 59.6 Å². The van der Waals surface area contributed by atoms with Crippen molar-refractivity contribution in [1.29, 1.82) is 0 Å². The SMILES string of the molecule is O=C(NCCC1CCCCN1)C1COCCO1. The van der Waals surface area contributed by atoms with Crippen molar-refractivity contribution < 1.29 is 14.3 Å². The van der Waals surface area contributed by atoms with Crippen LogP contribution < -0.4 is 10.6 Å². The third-order valence-electron chi connectivity index (χ3n) is 3.31. The second-order valence-corrected chi connectivity index (χ2v) is 4.66. The second-order valence-electron chi connectivity index (χ2n) is 4.66. The molecule has 2 atom stereocenters. The smallest absolute Gasteiger partial charge is 0.251 e. The molecule has 0 aliphatic carbocycles. The van der Waals surface area contributed by atoms with Crippen LogP contribution in [-0.4, -0.2) is 51.0 Å². The molecule has 2 unspecified atom stereocenters. The van der Waals surface area contributed by atoms with Crippen molar-refractivity contribution in [2.24, 2.45) is 0 Å². The van der Waals surface area contributed by atoms with Crippen LogP contribution in [0.4, 0.5) is 0 Å². The Labute approximate surface area is 102 Å². The zero-order valence-electron chi connectivity index (χ0n) is 10.2. The first-order valence-electron chi connectivity index (χ1n) is 6.57. The Morgan fingerprint density at radius 3 is 3.00 bits per heavy atom. The first-order chi connectivity index (χ1) is 8.36. The highest BCUT2D eigenvalue weighted by atomic mass is 16.6. The van der Waals surface area contributed by atoms with Crippen molar-refractivity contribution in [2.75, 3.05) is 32.9 Å². The summed E-state index contributed by atoms with van der Waals surface area (Å²) in [6, 6.07) is 0.563. The summed E-state index contributed by atoms with van der Waals surface area (Å²) in [5.74, 6) is -0.0412. The van der Waals surface area contributed by atoms with Crippen LogP contribution in [0.1, 0.15) is 25.7 Å². The van der Waals surface area contributed by atoms with E-state index in [1.807, 2.05) is 0 Å². The van der Waals surface area contributed by atoms with Gasteiger partial charge in [-0.15, -0.1) is 0 Å². The van der Waals surface area contributed by atoms with Gasteiger partial charge in [0.15, 0.2) is 6.10 Å². The maximum Gasteiger partial charge on any atom is 0.251 e. The average molecular weight is 242 g/mol. The predicted molar refractivity (Wildman–Crippen MR) is 63.8 cm³/mol. The van der Waals surface area contributed by atoms with Crippen LogP contribution in [-0.2, 0) is 14.3 Å². The maximum atomic E-state index is 11.7. The maximum absolute atomic E-state index is 11.7. The van der Waals surface area contributed by atoms with Gasteiger partial charge in [-0.05, 0) is 25.8 Å². The van der Waals surface area contributed by atoms with Gasteiger partial charge in [0.1, 0.15) is 0 Å². The van der Waals surface area contributed by atoms with E-state index < -0.39 is 6.10 Å². The van der Waals surface area contributed by atoms with E-state index in [9.17, 15) is 4.79 Å². The Hall–Kier alpha value is -0.650. The van der Waals surface area contributed by atoms with Gasteiger partial charge in [-0.1, -0.05) is 6.42 Å². The van der Waals surface area contributed by atoms with Crippen molar-refractivity contribution in [3.8, 4) is 0 Å². The molecule has 0 bridgehead atoms. The molecule has 5 heteroatoms. The summed E-state index contributed by atoms with van der Waals surface area (Å²) in [6.45, 7) is 3.32. The Morgan fingerprint density at radius 2 is 2.29 bits per heavy atom. The first kappa shape index (κ1) is 12.8. The van der Waals surface area contributed by atoms with Gasteiger partial charge in [0, 0.05) is 12.6 Å². The summed E-state index contributed by atoms with van der Waals surface area (Å²) in [4.78, 5) is 11.7. The second kappa shape index (κ2) is 6.93. The molecule has 2 saturated heterocycles. The fourth-order valence-corrected chi connectivity index (χ4v) is 2.29. The molecule has 1 amide bonds. The normalized spacial score (nSPS) is 29.9. The summed E-state index contributed by atoms with van der Waals surface area (Å²) in [7, 11) is 0. The molecule has 0 saturated carbocycles. The Kier molecular flexibility index (Phi) is 5.22. The molecule has 0 aromatic rings. The van der Waals surface area contributed by atoms with Gasteiger partial charge in [-0.2, -0.15) is 0 Å². The molecule has 0 radical (unpaired) electrons. The van der Waals surface area contributed by atoms with Crippen LogP contribution in [0.3, 0.4) is 0 Å². The molecule has 2 aliphatic heterocycles. The molecular formula is C12H22N2O3. The monoisotopic (exact) mass is 242 g/mol. The molecule has 2 rings (SSSR count). The number of nitrogens with one attached hydrogen (secondary N) is 2. The van der Waals surface area contributed by atoms with E-state index in [0.29, 0.717) is 25.9 Å². The Balaban J connectivity index is 1.58. The fraction of sp³-hybridized carbons (Fsp3) is 0.917. The Morgan fingerprint density at radius 1 is 1.35 bits per heavy atom. The zero-order chi connectivity index (χ0) is 11.9. The number of piperidine rings is 1. The van der Waals surface area contributed by atoms with Gasteiger partial charge in [-0.25, -0.2) is 0 Å². The van der Waals surface area contributed by atoms with Gasteiger partial charge in [-0.3, -0.25) is 4.79 Å². The molecule has 2 fully saturated rings. The summed E-state index contributed by atoms with van der Waals surface area (Å²) in [6.07, 6.45) is 4.38. The molecular weight excluding hydrogens is 220 g/mol. The van der Waals surface area contributed by atoms with Crippen LogP contribution in [0.25, 0.3) is 0 Å². The molecule has 2 N–H and O–H groups in total. The van der Waals surface area contributed by atoms with Crippen LogP contribution in [0.2, 0.25) is 0 Å². The molecule has 5 nitrogen and oxygen atoms in total. The van der Waals surface area contributed by atoms with Gasteiger partial charge in [0.25, 0.3) is 5.91 Å². The molecule has 17 heavy (non-hydrogen) atoms. The summed E-state index contributed by atoms with van der Waals surface area (Å²) < 4.78 is 10.5. The first-order valence-corrected chi connectivity index (χ1v) is 6.57. The predicted octanol–water partition coefficient (Wildman–Crippen LogP) is 0.0502. The number of carbonyl (C=O) groups excluding carboxylic acids is 1. The van der Waals surface area contributed by atoms with E-state index in [2.05, 4.69) is 10.6 Å². The fourth-order valence-electron chi connectivity index (χ4n) is 2.29.